The first kappa shape index (κ1) is 18.3. The van der Waals surface area contributed by atoms with Crippen molar-refractivity contribution in [1.82, 2.24) is 9.97 Å². The molecule has 6 nitrogen and oxygen atoms in total. The molecule has 1 aliphatic heterocycles. The molecule has 0 atom stereocenters. The monoisotopic (exact) mass is 379 g/mol. The number of rotatable bonds is 6. The SMILES string of the molecule is CCCOc1ccc(-c2nc3ccc(C(=O)OC)cc3[nH]2)cc1N1CCCC1. The standard InChI is InChI=1S/C22H25N3O3/c1-3-12-28-20-9-7-15(14-19(20)25-10-4-5-11-25)21-23-17-8-6-16(22(26)27-2)13-18(17)24-21/h6-9,13-14H,3-5,10-12H2,1-2H3,(H,23,24). The van der Waals surface area contributed by atoms with E-state index in [1.54, 1.807) is 12.1 Å². The number of nitrogens with zero attached hydrogens (tertiary/aromatic N) is 2. The maximum absolute atomic E-state index is 11.8. The van der Waals surface area contributed by atoms with E-state index in [9.17, 15) is 4.79 Å². The van der Waals surface area contributed by atoms with Crippen molar-refractivity contribution in [2.75, 3.05) is 31.7 Å². The molecule has 2 heterocycles. The molecule has 3 aromatic rings. The van der Waals surface area contributed by atoms with E-state index in [2.05, 4.69) is 22.9 Å². The first-order valence-electron chi connectivity index (χ1n) is 9.80. The molecule has 0 unspecified atom stereocenters. The van der Waals surface area contributed by atoms with Crippen LogP contribution in [0, 0.1) is 0 Å². The second kappa shape index (κ2) is 7.92. The average molecular weight is 379 g/mol. The smallest absolute Gasteiger partial charge is 0.337 e. The number of benzene rings is 2. The van der Waals surface area contributed by atoms with Gasteiger partial charge in [0.1, 0.15) is 11.6 Å². The van der Waals surface area contributed by atoms with E-state index < -0.39 is 0 Å². The number of anilines is 1. The molecule has 2 aromatic carbocycles. The molecule has 4 rings (SSSR count). The van der Waals surface area contributed by atoms with Gasteiger partial charge in [0.25, 0.3) is 0 Å². The number of carbonyl (C=O) groups is 1. The van der Waals surface area contributed by atoms with Gasteiger partial charge in [-0.15, -0.1) is 0 Å². The Labute approximate surface area is 164 Å². The summed E-state index contributed by atoms with van der Waals surface area (Å²) >= 11 is 0. The topological polar surface area (TPSA) is 67.5 Å². The number of hydrogen-bond donors (Lipinski definition) is 1. The number of aromatic nitrogens is 2. The van der Waals surface area contributed by atoms with Crippen LogP contribution in [0.2, 0.25) is 0 Å². The van der Waals surface area contributed by atoms with Crippen LogP contribution < -0.4 is 9.64 Å². The normalized spacial score (nSPS) is 13.9. The second-order valence-electron chi connectivity index (χ2n) is 7.03. The summed E-state index contributed by atoms with van der Waals surface area (Å²) in [5.41, 5.74) is 4.26. The number of methoxy groups -OCH3 is 1. The van der Waals surface area contributed by atoms with Gasteiger partial charge in [0.05, 0.1) is 36.0 Å². The second-order valence-corrected chi connectivity index (χ2v) is 7.03. The molecule has 1 aromatic heterocycles. The molecule has 0 radical (unpaired) electrons. The van der Waals surface area contributed by atoms with Crippen LogP contribution in [0.4, 0.5) is 5.69 Å². The van der Waals surface area contributed by atoms with Crippen LogP contribution in [0.15, 0.2) is 36.4 Å². The lowest BCUT2D eigenvalue weighted by Gasteiger charge is -2.22. The highest BCUT2D eigenvalue weighted by molar-refractivity contribution is 5.94. The number of carbonyl (C=O) groups excluding carboxylic acids is 1. The van der Waals surface area contributed by atoms with Crippen molar-refractivity contribution in [2.24, 2.45) is 0 Å². The summed E-state index contributed by atoms with van der Waals surface area (Å²) in [6.07, 6.45) is 3.39. The molecule has 0 saturated carbocycles. The first-order chi connectivity index (χ1) is 13.7. The minimum absolute atomic E-state index is 0.355. The molecule has 0 spiro atoms. The highest BCUT2D eigenvalue weighted by Gasteiger charge is 2.19. The minimum Gasteiger partial charge on any atom is -0.491 e. The maximum Gasteiger partial charge on any atom is 0.337 e. The number of nitrogens with one attached hydrogen (secondary N) is 1. The maximum atomic E-state index is 11.8. The number of hydrogen-bond acceptors (Lipinski definition) is 5. The first-order valence-corrected chi connectivity index (χ1v) is 9.80. The number of ether oxygens (including phenoxy) is 2. The third-order valence-electron chi connectivity index (χ3n) is 5.04. The zero-order chi connectivity index (χ0) is 19.5. The highest BCUT2D eigenvalue weighted by Crippen LogP contribution is 2.35. The fraction of sp³-hybridized carbons (Fsp3) is 0.364. The van der Waals surface area contributed by atoms with Crippen molar-refractivity contribution < 1.29 is 14.3 Å². The van der Waals surface area contributed by atoms with Crippen molar-refractivity contribution in [2.45, 2.75) is 26.2 Å². The lowest BCUT2D eigenvalue weighted by Crippen LogP contribution is -2.18. The Morgan fingerprint density at radius 3 is 2.75 bits per heavy atom. The number of H-pyrrole nitrogens is 1. The molecule has 1 saturated heterocycles. The molecule has 1 aliphatic rings. The van der Waals surface area contributed by atoms with Crippen molar-refractivity contribution in [3.63, 3.8) is 0 Å². The lowest BCUT2D eigenvalue weighted by molar-refractivity contribution is 0.0601. The van der Waals surface area contributed by atoms with Gasteiger partial charge in [0.15, 0.2) is 0 Å². The van der Waals surface area contributed by atoms with Crippen molar-refractivity contribution in [3.8, 4) is 17.1 Å². The van der Waals surface area contributed by atoms with Crippen LogP contribution in [-0.4, -0.2) is 42.7 Å². The third kappa shape index (κ3) is 3.54. The summed E-state index contributed by atoms with van der Waals surface area (Å²) in [7, 11) is 1.38. The summed E-state index contributed by atoms with van der Waals surface area (Å²) < 4.78 is 10.8. The van der Waals surface area contributed by atoms with E-state index in [0.717, 1.165) is 53.4 Å². The van der Waals surface area contributed by atoms with Gasteiger partial charge in [0, 0.05) is 18.7 Å². The predicted octanol–water partition coefficient (Wildman–Crippen LogP) is 4.41. The van der Waals surface area contributed by atoms with E-state index in [4.69, 9.17) is 14.5 Å². The molecular formula is C22H25N3O3. The highest BCUT2D eigenvalue weighted by atomic mass is 16.5. The summed E-state index contributed by atoms with van der Waals surface area (Å²) in [6.45, 7) is 4.92. The number of fused-ring (bicyclic) bond motifs is 1. The third-order valence-corrected chi connectivity index (χ3v) is 5.04. The Bertz CT molecular complexity index is 990. The van der Waals surface area contributed by atoms with Gasteiger partial charge in [-0.25, -0.2) is 9.78 Å². The summed E-state index contributed by atoms with van der Waals surface area (Å²) in [6, 6.07) is 11.6. The lowest BCUT2D eigenvalue weighted by atomic mass is 10.1. The predicted molar refractivity (Wildman–Crippen MR) is 110 cm³/mol. The van der Waals surface area contributed by atoms with E-state index in [1.165, 1.54) is 20.0 Å². The van der Waals surface area contributed by atoms with Crippen LogP contribution in [0.1, 0.15) is 36.5 Å². The fourth-order valence-corrected chi connectivity index (χ4v) is 3.60. The van der Waals surface area contributed by atoms with Crippen LogP contribution in [-0.2, 0) is 4.74 Å². The Hall–Kier alpha value is -3.02. The number of aromatic amines is 1. The van der Waals surface area contributed by atoms with Gasteiger partial charge >= 0.3 is 5.97 Å². The number of esters is 1. The zero-order valence-corrected chi connectivity index (χ0v) is 16.3. The van der Waals surface area contributed by atoms with E-state index in [1.807, 2.05) is 18.2 Å². The largest absolute Gasteiger partial charge is 0.491 e. The molecule has 0 amide bonds. The van der Waals surface area contributed by atoms with Gasteiger partial charge in [-0.1, -0.05) is 6.92 Å². The van der Waals surface area contributed by atoms with Gasteiger partial charge in [-0.2, -0.15) is 0 Å². The van der Waals surface area contributed by atoms with Gasteiger partial charge in [-0.05, 0) is 55.7 Å². The van der Waals surface area contributed by atoms with Crippen molar-refractivity contribution in [3.05, 3.63) is 42.0 Å². The summed E-state index contributed by atoms with van der Waals surface area (Å²) in [5.74, 6) is 1.35. The Morgan fingerprint density at radius 1 is 1.18 bits per heavy atom. The summed E-state index contributed by atoms with van der Waals surface area (Å²) in [4.78, 5) is 22.2. The van der Waals surface area contributed by atoms with Gasteiger partial charge in [0.2, 0.25) is 0 Å². The van der Waals surface area contributed by atoms with E-state index in [0.29, 0.717) is 12.2 Å². The molecule has 0 aliphatic carbocycles. The average Bonchev–Trinajstić information content (AvgIpc) is 3.40. The molecule has 0 bridgehead atoms. The molecule has 6 heteroatoms. The van der Waals surface area contributed by atoms with E-state index in [-0.39, 0.29) is 5.97 Å². The van der Waals surface area contributed by atoms with Crippen LogP contribution in [0.25, 0.3) is 22.4 Å². The van der Waals surface area contributed by atoms with Crippen molar-refractivity contribution in [1.29, 1.82) is 0 Å². The molecular weight excluding hydrogens is 354 g/mol. The van der Waals surface area contributed by atoms with Crippen molar-refractivity contribution >= 4 is 22.7 Å². The van der Waals surface area contributed by atoms with Gasteiger partial charge < -0.3 is 19.4 Å². The number of imidazole rings is 1. The van der Waals surface area contributed by atoms with Crippen LogP contribution in [0.5, 0.6) is 5.75 Å². The molecule has 1 fully saturated rings. The Morgan fingerprint density at radius 2 is 2.00 bits per heavy atom. The molecule has 1 N–H and O–H groups in total. The van der Waals surface area contributed by atoms with Crippen LogP contribution >= 0.6 is 0 Å². The quantitative estimate of drug-likeness (QED) is 0.643. The van der Waals surface area contributed by atoms with Gasteiger partial charge in [-0.3, -0.25) is 0 Å². The summed E-state index contributed by atoms with van der Waals surface area (Å²) in [5, 5.41) is 0. The fourth-order valence-electron chi connectivity index (χ4n) is 3.60. The molecule has 28 heavy (non-hydrogen) atoms. The Kier molecular flexibility index (Phi) is 5.19. The van der Waals surface area contributed by atoms with E-state index >= 15 is 0 Å². The van der Waals surface area contributed by atoms with Crippen LogP contribution in [0.3, 0.4) is 0 Å². The minimum atomic E-state index is -0.355. The zero-order valence-electron chi connectivity index (χ0n) is 16.3. The Balaban J connectivity index is 1.71. The molecule has 146 valence electrons.